The Bertz CT molecular complexity index is 418. The fourth-order valence-corrected chi connectivity index (χ4v) is 1.69. The van der Waals surface area contributed by atoms with E-state index in [9.17, 15) is 9.90 Å². The second-order valence-electron chi connectivity index (χ2n) is 3.87. The SMILES string of the molecule is CC(O)CN1C(=O)COc2cc(N)ccc21. The summed E-state index contributed by atoms with van der Waals surface area (Å²) in [5.74, 6) is 0.429. The number of fused-ring (bicyclic) bond motifs is 1. The number of amides is 1. The maximum Gasteiger partial charge on any atom is 0.265 e. The molecule has 1 aromatic carbocycles. The molecular formula is C11H14N2O3. The number of aliphatic hydroxyl groups excluding tert-OH is 1. The molecule has 0 radical (unpaired) electrons. The molecule has 0 bridgehead atoms. The van der Waals surface area contributed by atoms with Crippen LogP contribution in [0.5, 0.6) is 5.75 Å². The summed E-state index contributed by atoms with van der Waals surface area (Å²) in [6, 6.07) is 5.11. The normalized spacial score (nSPS) is 16.6. The molecule has 1 aromatic rings. The van der Waals surface area contributed by atoms with Gasteiger partial charge < -0.3 is 20.5 Å². The van der Waals surface area contributed by atoms with Gasteiger partial charge in [-0.05, 0) is 19.1 Å². The van der Waals surface area contributed by atoms with Crippen molar-refractivity contribution in [3.8, 4) is 5.75 Å². The van der Waals surface area contributed by atoms with Crippen LogP contribution < -0.4 is 15.4 Å². The molecule has 2 rings (SSSR count). The minimum Gasteiger partial charge on any atom is -0.481 e. The van der Waals surface area contributed by atoms with Crippen LogP contribution in [0.4, 0.5) is 11.4 Å². The lowest BCUT2D eigenvalue weighted by Gasteiger charge is -2.30. The highest BCUT2D eigenvalue weighted by molar-refractivity contribution is 5.98. The number of nitrogens with two attached hydrogens (primary N) is 1. The van der Waals surface area contributed by atoms with E-state index in [-0.39, 0.29) is 19.1 Å². The van der Waals surface area contributed by atoms with Gasteiger partial charge in [0.1, 0.15) is 5.75 Å². The Hall–Kier alpha value is -1.75. The van der Waals surface area contributed by atoms with Crippen LogP contribution in [0.3, 0.4) is 0 Å². The molecule has 16 heavy (non-hydrogen) atoms. The van der Waals surface area contributed by atoms with Gasteiger partial charge in [-0.15, -0.1) is 0 Å². The van der Waals surface area contributed by atoms with E-state index in [2.05, 4.69) is 0 Å². The minimum absolute atomic E-state index is 0.0107. The van der Waals surface area contributed by atoms with Gasteiger partial charge in [-0.25, -0.2) is 0 Å². The van der Waals surface area contributed by atoms with Crippen molar-refractivity contribution in [1.82, 2.24) is 0 Å². The van der Waals surface area contributed by atoms with E-state index in [0.29, 0.717) is 17.1 Å². The molecule has 5 nitrogen and oxygen atoms in total. The lowest BCUT2D eigenvalue weighted by molar-refractivity contribution is -0.121. The van der Waals surface area contributed by atoms with Crippen LogP contribution in [-0.2, 0) is 4.79 Å². The third-order valence-corrected chi connectivity index (χ3v) is 2.37. The Morgan fingerprint density at radius 1 is 1.62 bits per heavy atom. The number of nitrogens with zero attached hydrogens (tertiary/aromatic N) is 1. The molecule has 0 saturated carbocycles. The predicted molar refractivity (Wildman–Crippen MR) is 60.4 cm³/mol. The van der Waals surface area contributed by atoms with E-state index >= 15 is 0 Å². The number of β-amino-alcohol motifs (C(OH)–C–C–N with tert-alkyl or cyclic N) is 1. The lowest BCUT2D eigenvalue weighted by Crippen LogP contribution is -2.42. The number of hydrogen-bond donors (Lipinski definition) is 2. The molecule has 1 amide bonds. The van der Waals surface area contributed by atoms with Gasteiger partial charge in [-0.1, -0.05) is 0 Å². The summed E-state index contributed by atoms with van der Waals surface area (Å²) in [7, 11) is 0. The van der Waals surface area contributed by atoms with Gasteiger partial charge >= 0.3 is 0 Å². The number of carbonyl (C=O) groups excluding carboxylic acids is 1. The molecule has 0 saturated heterocycles. The molecule has 5 heteroatoms. The first-order valence-electron chi connectivity index (χ1n) is 5.08. The molecule has 1 heterocycles. The average Bonchev–Trinajstić information content (AvgIpc) is 2.22. The maximum absolute atomic E-state index is 11.6. The molecule has 0 aliphatic carbocycles. The van der Waals surface area contributed by atoms with Crippen LogP contribution in [0, 0.1) is 0 Å². The van der Waals surface area contributed by atoms with Crippen molar-refractivity contribution < 1.29 is 14.6 Å². The maximum atomic E-state index is 11.6. The Morgan fingerprint density at radius 3 is 3.06 bits per heavy atom. The van der Waals surface area contributed by atoms with E-state index in [4.69, 9.17) is 10.5 Å². The summed E-state index contributed by atoms with van der Waals surface area (Å²) in [6.07, 6.45) is -0.576. The number of nitrogen functional groups attached to an aromatic ring is 1. The standard InChI is InChI=1S/C11H14N2O3/c1-7(14)5-13-9-3-2-8(12)4-10(9)16-6-11(13)15/h2-4,7,14H,5-6,12H2,1H3. The Labute approximate surface area is 93.4 Å². The Morgan fingerprint density at radius 2 is 2.38 bits per heavy atom. The zero-order valence-corrected chi connectivity index (χ0v) is 9.01. The predicted octanol–water partition coefficient (Wildman–Crippen LogP) is 0.375. The molecule has 1 aliphatic rings. The molecule has 1 aliphatic heterocycles. The highest BCUT2D eigenvalue weighted by Crippen LogP contribution is 2.33. The van der Waals surface area contributed by atoms with Gasteiger partial charge in [0.25, 0.3) is 5.91 Å². The number of ether oxygens (including phenoxy) is 1. The lowest BCUT2D eigenvalue weighted by atomic mass is 10.2. The van der Waals surface area contributed by atoms with Gasteiger partial charge in [0.05, 0.1) is 18.3 Å². The number of aliphatic hydroxyl groups is 1. The van der Waals surface area contributed by atoms with E-state index in [1.54, 1.807) is 25.1 Å². The summed E-state index contributed by atoms with van der Waals surface area (Å²) in [5, 5.41) is 9.34. The van der Waals surface area contributed by atoms with E-state index in [1.165, 1.54) is 4.90 Å². The Kier molecular flexibility index (Phi) is 2.70. The first kappa shape index (κ1) is 10.8. The number of anilines is 2. The average molecular weight is 222 g/mol. The van der Waals surface area contributed by atoms with Crippen molar-refractivity contribution >= 4 is 17.3 Å². The van der Waals surface area contributed by atoms with Crippen molar-refractivity contribution in [2.75, 3.05) is 23.8 Å². The van der Waals surface area contributed by atoms with Crippen molar-refractivity contribution in [1.29, 1.82) is 0 Å². The van der Waals surface area contributed by atoms with Crippen LogP contribution in [0.1, 0.15) is 6.92 Å². The molecule has 86 valence electrons. The first-order chi connectivity index (χ1) is 7.58. The molecule has 0 spiro atoms. The van der Waals surface area contributed by atoms with Crippen molar-refractivity contribution in [2.45, 2.75) is 13.0 Å². The van der Waals surface area contributed by atoms with Crippen LogP contribution in [0.2, 0.25) is 0 Å². The molecular weight excluding hydrogens is 208 g/mol. The Balaban J connectivity index is 2.36. The monoisotopic (exact) mass is 222 g/mol. The fourth-order valence-electron chi connectivity index (χ4n) is 1.69. The van der Waals surface area contributed by atoms with E-state index in [0.717, 1.165) is 0 Å². The summed E-state index contributed by atoms with van der Waals surface area (Å²) < 4.78 is 5.28. The molecule has 0 fully saturated rings. The smallest absolute Gasteiger partial charge is 0.265 e. The molecule has 1 atom stereocenters. The van der Waals surface area contributed by atoms with Gasteiger partial charge in [-0.2, -0.15) is 0 Å². The summed E-state index contributed by atoms with van der Waals surface area (Å²) in [5.41, 5.74) is 6.88. The third kappa shape index (κ3) is 1.94. The number of benzene rings is 1. The van der Waals surface area contributed by atoms with Crippen molar-refractivity contribution in [3.05, 3.63) is 18.2 Å². The topological polar surface area (TPSA) is 75.8 Å². The van der Waals surface area contributed by atoms with Crippen LogP contribution in [-0.4, -0.2) is 30.3 Å². The fraction of sp³-hybridized carbons (Fsp3) is 0.364. The summed E-state index contributed by atoms with van der Waals surface area (Å²) in [4.78, 5) is 13.2. The zero-order chi connectivity index (χ0) is 11.7. The van der Waals surface area contributed by atoms with Gasteiger partial charge in [0.15, 0.2) is 6.61 Å². The van der Waals surface area contributed by atoms with Crippen LogP contribution >= 0.6 is 0 Å². The highest BCUT2D eigenvalue weighted by Gasteiger charge is 2.26. The van der Waals surface area contributed by atoms with Crippen molar-refractivity contribution in [2.24, 2.45) is 0 Å². The second kappa shape index (κ2) is 4.02. The number of hydrogen-bond acceptors (Lipinski definition) is 4. The quantitative estimate of drug-likeness (QED) is 0.709. The molecule has 1 unspecified atom stereocenters. The number of carbonyl (C=O) groups is 1. The number of rotatable bonds is 2. The van der Waals surface area contributed by atoms with E-state index < -0.39 is 6.10 Å². The van der Waals surface area contributed by atoms with E-state index in [1.807, 2.05) is 0 Å². The van der Waals surface area contributed by atoms with Gasteiger partial charge in [0, 0.05) is 11.8 Å². The summed E-state index contributed by atoms with van der Waals surface area (Å²) in [6.45, 7) is 1.89. The first-order valence-corrected chi connectivity index (χ1v) is 5.08. The molecule has 0 aromatic heterocycles. The van der Waals surface area contributed by atoms with Crippen molar-refractivity contribution in [3.63, 3.8) is 0 Å². The third-order valence-electron chi connectivity index (χ3n) is 2.37. The van der Waals surface area contributed by atoms with Crippen LogP contribution in [0.15, 0.2) is 18.2 Å². The second-order valence-corrected chi connectivity index (χ2v) is 3.87. The minimum atomic E-state index is -0.576. The largest absolute Gasteiger partial charge is 0.481 e. The molecule has 3 N–H and O–H groups in total. The van der Waals surface area contributed by atoms with Gasteiger partial charge in [-0.3, -0.25) is 4.79 Å². The van der Waals surface area contributed by atoms with Crippen LogP contribution in [0.25, 0.3) is 0 Å². The summed E-state index contributed by atoms with van der Waals surface area (Å²) >= 11 is 0. The van der Waals surface area contributed by atoms with Gasteiger partial charge in [0.2, 0.25) is 0 Å². The zero-order valence-electron chi connectivity index (χ0n) is 9.01. The highest BCUT2D eigenvalue weighted by atomic mass is 16.5.